The van der Waals surface area contributed by atoms with Crippen molar-refractivity contribution in [2.75, 3.05) is 11.9 Å². The molecule has 4 aromatic rings. The first-order chi connectivity index (χ1) is 22.4. The van der Waals surface area contributed by atoms with Crippen LogP contribution in [0.1, 0.15) is 58.3 Å². The van der Waals surface area contributed by atoms with Gasteiger partial charge < -0.3 is 15.0 Å². The van der Waals surface area contributed by atoms with E-state index in [1.54, 1.807) is 30.5 Å². The van der Waals surface area contributed by atoms with E-state index in [2.05, 4.69) is 50.9 Å². The molecular weight excluding hydrogens is 582 g/mol. The van der Waals surface area contributed by atoms with E-state index in [4.69, 9.17) is 4.74 Å². The van der Waals surface area contributed by atoms with Crippen molar-refractivity contribution in [1.82, 2.24) is 20.2 Å². The molecule has 2 aromatic heterocycles. The number of anilines is 1. The Balaban J connectivity index is 0.866. The minimum Gasteiger partial charge on any atom is -0.494 e. The van der Waals surface area contributed by atoms with E-state index in [0.717, 1.165) is 23.1 Å². The molecule has 2 N–H and O–H groups in total. The molecule has 1 atom stereocenters. The quantitative estimate of drug-likeness (QED) is 0.205. The van der Waals surface area contributed by atoms with E-state index in [1.807, 2.05) is 24.5 Å². The summed E-state index contributed by atoms with van der Waals surface area (Å²) in [5, 5.41) is 5.15. The highest BCUT2D eigenvalue weighted by Gasteiger charge is 2.39. The molecular formula is C36H31N5O5. The van der Waals surface area contributed by atoms with Crippen LogP contribution in [0, 0.1) is 0 Å². The number of nitrogens with zero attached hydrogens (tertiary/aromatic N) is 3. The van der Waals surface area contributed by atoms with Gasteiger partial charge in [-0.25, -0.2) is 4.98 Å². The molecule has 0 radical (unpaired) electrons. The van der Waals surface area contributed by atoms with Gasteiger partial charge in [0.1, 0.15) is 17.6 Å². The number of carbonyl (C=O) groups excluding carboxylic acids is 4. The Morgan fingerprint density at radius 2 is 1.78 bits per heavy atom. The highest BCUT2D eigenvalue weighted by Crippen LogP contribution is 2.33. The molecule has 4 amide bonds. The second-order valence-corrected chi connectivity index (χ2v) is 11.6. The van der Waals surface area contributed by atoms with E-state index in [0.29, 0.717) is 36.6 Å². The fraction of sp³-hybridized carbons (Fsp3) is 0.222. The lowest BCUT2D eigenvalue weighted by atomic mass is 10.0. The van der Waals surface area contributed by atoms with Gasteiger partial charge in [-0.1, -0.05) is 30.3 Å². The molecule has 1 saturated heterocycles. The summed E-state index contributed by atoms with van der Waals surface area (Å²) in [5.41, 5.74) is 8.23. The average molecular weight is 614 g/mol. The third kappa shape index (κ3) is 6.01. The number of imide groups is 1. The van der Waals surface area contributed by atoms with Gasteiger partial charge in [0.05, 0.1) is 6.61 Å². The number of hydrogen-bond acceptors (Lipinski definition) is 7. The summed E-state index contributed by atoms with van der Waals surface area (Å²) in [6, 6.07) is 18.7. The van der Waals surface area contributed by atoms with Crippen molar-refractivity contribution in [3.05, 3.63) is 107 Å². The van der Waals surface area contributed by atoms with Crippen LogP contribution >= 0.6 is 0 Å². The van der Waals surface area contributed by atoms with E-state index in [9.17, 15) is 19.2 Å². The number of fused-ring (bicyclic) bond motifs is 2. The molecule has 1 aliphatic carbocycles. The number of hydrogen-bond donors (Lipinski definition) is 2. The lowest BCUT2D eigenvalue weighted by Gasteiger charge is -2.29. The van der Waals surface area contributed by atoms with Crippen LogP contribution in [0.5, 0.6) is 5.75 Å². The molecule has 0 bridgehead atoms. The van der Waals surface area contributed by atoms with E-state index in [-0.39, 0.29) is 37.1 Å². The van der Waals surface area contributed by atoms with Crippen molar-refractivity contribution >= 4 is 41.1 Å². The maximum Gasteiger partial charge on any atom is 0.255 e. The Labute approximate surface area is 265 Å². The Bertz CT molecular complexity index is 1880. The lowest BCUT2D eigenvalue weighted by molar-refractivity contribution is -0.137. The zero-order valence-electron chi connectivity index (χ0n) is 25.0. The number of pyridine rings is 2. The predicted molar refractivity (Wildman–Crippen MR) is 171 cm³/mol. The van der Waals surface area contributed by atoms with Gasteiger partial charge in [-0.2, -0.15) is 0 Å². The first-order valence-corrected chi connectivity index (χ1v) is 15.3. The number of nitrogens with one attached hydrogen (secondary N) is 2. The van der Waals surface area contributed by atoms with Gasteiger partial charge in [-0.15, -0.1) is 0 Å². The summed E-state index contributed by atoms with van der Waals surface area (Å²) >= 11 is 0. The largest absolute Gasteiger partial charge is 0.494 e. The number of rotatable bonds is 9. The normalized spacial score (nSPS) is 16.9. The van der Waals surface area contributed by atoms with Gasteiger partial charge in [-0.3, -0.25) is 29.5 Å². The summed E-state index contributed by atoms with van der Waals surface area (Å²) in [5.74, 6) is -0.0689. The minimum absolute atomic E-state index is 0.159. The van der Waals surface area contributed by atoms with Crippen molar-refractivity contribution in [1.29, 1.82) is 0 Å². The van der Waals surface area contributed by atoms with Crippen LogP contribution in [0.4, 0.5) is 5.82 Å². The SMILES string of the molecule is O=C1CCC(N2Cc3cc(OCCCC(=O)Nc4ccc(-c5ccc(C6=Cc7ccncc7C6)cc5)cn4)ccc3C2=O)C(=O)N1. The summed E-state index contributed by atoms with van der Waals surface area (Å²) in [7, 11) is 0. The molecule has 1 unspecified atom stereocenters. The Kier molecular flexibility index (Phi) is 7.84. The zero-order valence-corrected chi connectivity index (χ0v) is 25.0. The maximum atomic E-state index is 12.9. The van der Waals surface area contributed by atoms with Gasteiger partial charge >= 0.3 is 0 Å². The topological polar surface area (TPSA) is 131 Å². The van der Waals surface area contributed by atoms with Gasteiger partial charge in [0.15, 0.2) is 0 Å². The Hall–Kier alpha value is -5.64. The second-order valence-electron chi connectivity index (χ2n) is 11.6. The van der Waals surface area contributed by atoms with Crippen LogP contribution in [0.3, 0.4) is 0 Å². The first-order valence-electron chi connectivity index (χ1n) is 15.3. The minimum atomic E-state index is -0.658. The molecule has 0 spiro atoms. The van der Waals surface area contributed by atoms with Crippen molar-refractivity contribution in [2.24, 2.45) is 0 Å². The number of piperidine rings is 1. The number of amides is 4. The second kappa shape index (κ2) is 12.4. The zero-order chi connectivity index (χ0) is 31.6. The molecule has 0 saturated carbocycles. The fourth-order valence-electron chi connectivity index (χ4n) is 6.14. The number of allylic oxidation sites excluding steroid dienone is 1. The summed E-state index contributed by atoms with van der Waals surface area (Å²) in [4.78, 5) is 59.3. The summed E-state index contributed by atoms with van der Waals surface area (Å²) < 4.78 is 5.85. The molecule has 1 fully saturated rings. The summed E-state index contributed by atoms with van der Waals surface area (Å²) in [6.45, 7) is 0.599. The molecule has 10 heteroatoms. The first kappa shape index (κ1) is 29.1. The number of aromatic nitrogens is 2. The molecule has 4 heterocycles. The molecule has 10 nitrogen and oxygen atoms in total. The van der Waals surface area contributed by atoms with E-state index < -0.39 is 11.9 Å². The Morgan fingerprint density at radius 3 is 2.57 bits per heavy atom. The molecule has 230 valence electrons. The van der Waals surface area contributed by atoms with E-state index >= 15 is 0 Å². The highest BCUT2D eigenvalue weighted by molar-refractivity contribution is 6.05. The molecule has 3 aliphatic rings. The van der Waals surface area contributed by atoms with Crippen LogP contribution in [0.25, 0.3) is 22.8 Å². The maximum absolute atomic E-state index is 12.9. The molecule has 2 aliphatic heterocycles. The third-order valence-electron chi connectivity index (χ3n) is 8.58. The van der Waals surface area contributed by atoms with Crippen LogP contribution in [-0.2, 0) is 27.3 Å². The van der Waals surface area contributed by atoms with Gasteiger partial charge in [0, 0.05) is 55.5 Å². The van der Waals surface area contributed by atoms with Gasteiger partial charge in [0.25, 0.3) is 5.91 Å². The number of benzene rings is 2. The monoisotopic (exact) mass is 613 g/mol. The lowest BCUT2D eigenvalue weighted by Crippen LogP contribution is -2.52. The van der Waals surface area contributed by atoms with Crippen molar-refractivity contribution in [3.63, 3.8) is 0 Å². The smallest absolute Gasteiger partial charge is 0.255 e. The van der Waals surface area contributed by atoms with Crippen LogP contribution in [0.15, 0.2) is 79.3 Å². The fourth-order valence-corrected chi connectivity index (χ4v) is 6.14. The van der Waals surface area contributed by atoms with Crippen LogP contribution < -0.4 is 15.4 Å². The third-order valence-corrected chi connectivity index (χ3v) is 8.58. The highest BCUT2D eigenvalue weighted by atomic mass is 16.5. The van der Waals surface area contributed by atoms with Crippen molar-refractivity contribution < 1.29 is 23.9 Å². The number of carbonyl (C=O) groups is 4. The molecule has 46 heavy (non-hydrogen) atoms. The molecule has 7 rings (SSSR count). The Morgan fingerprint density at radius 1 is 0.957 bits per heavy atom. The van der Waals surface area contributed by atoms with Gasteiger partial charge in [0.2, 0.25) is 17.7 Å². The molecule has 2 aromatic carbocycles. The van der Waals surface area contributed by atoms with E-state index in [1.165, 1.54) is 27.2 Å². The van der Waals surface area contributed by atoms with Gasteiger partial charge in [-0.05, 0) is 82.6 Å². The van der Waals surface area contributed by atoms with Crippen molar-refractivity contribution in [3.8, 4) is 16.9 Å². The van der Waals surface area contributed by atoms with Crippen LogP contribution in [0.2, 0.25) is 0 Å². The number of ether oxygens (including phenoxy) is 1. The summed E-state index contributed by atoms with van der Waals surface area (Å²) in [6.07, 6.45) is 9.87. The standard InChI is InChI=1S/C36H31N5O5/c42-33(2-1-15-46-29-8-9-30-28(18-29)21-41(36(30)45)31-10-12-34(43)40-35(31)44)39-32-11-7-25(20-38-32)22-3-5-23(6-4-22)26-16-24-13-14-37-19-27(24)17-26/h3-9,11,13-14,16,18-20,31H,1-2,10,12,15,17,21H2,(H,38,39,42)(H,40,43,44). The van der Waals surface area contributed by atoms with Crippen molar-refractivity contribution in [2.45, 2.75) is 44.7 Å². The predicted octanol–water partition coefficient (Wildman–Crippen LogP) is 4.80. The average Bonchev–Trinajstić information content (AvgIpc) is 3.64. The van der Waals surface area contributed by atoms with Crippen LogP contribution in [-0.4, -0.2) is 51.1 Å².